The third kappa shape index (κ3) is 5.31. The molecule has 1 atom stereocenters. The van der Waals surface area contributed by atoms with Crippen molar-refractivity contribution in [3.63, 3.8) is 0 Å². The van der Waals surface area contributed by atoms with Crippen molar-refractivity contribution in [2.24, 2.45) is 7.05 Å². The topological polar surface area (TPSA) is 69.0 Å². The lowest BCUT2D eigenvalue weighted by Gasteiger charge is -2.15. The van der Waals surface area contributed by atoms with Crippen LogP contribution in [0.3, 0.4) is 0 Å². The van der Waals surface area contributed by atoms with E-state index >= 15 is 0 Å². The average molecular weight is 449 g/mol. The summed E-state index contributed by atoms with van der Waals surface area (Å²) in [5.74, 6) is 0.555. The summed E-state index contributed by atoms with van der Waals surface area (Å²) in [5.41, 5.74) is 2.89. The Morgan fingerprint density at radius 2 is 2.03 bits per heavy atom. The molecule has 0 aliphatic heterocycles. The molecule has 3 rings (SSSR count). The Hall–Kier alpha value is -2.58. The molecule has 0 saturated heterocycles. The summed E-state index contributed by atoms with van der Waals surface area (Å²) in [6.45, 7) is 5.73. The Labute approximate surface area is 183 Å². The van der Waals surface area contributed by atoms with Crippen molar-refractivity contribution < 1.29 is 13.9 Å². The fourth-order valence-electron chi connectivity index (χ4n) is 2.81. The van der Waals surface area contributed by atoms with Crippen LogP contribution in [0.4, 0.5) is 10.1 Å². The summed E-state index contributed by atoms with van der Waals surface area (Å²) in [6, 6.07) is 9.86. The summed E-state index contributed by atoms with van der Waals surface area (Å²) >= 11 is 7.30. The molecule has 0 spiro atoms. The molecule has 1 aromatic heterocycles. The second-order valence-corrected chi connectivity index (χ2v) is 8.24. The number of aromatic nitrogens is 3. The highest BCUT2D eigenvalue weighted by atomic mass is 35.5. The van der Waals surface area contributed by atoms with Gasteiger partial charge in [0.05, 0.1) is 10.8 Å². The maximum Gasteiger partial charge on any atom is 0.234 e. The van der Waals surface area contributed by atoms with Gasteiger partial charge in [0.2, 0.25) is 5.91 Å². The Morgan fingerprint density at radius 1 is 1.27 bits per heavy atom. The van der Waals surface area contributed by atoms with Gasteiger partial charge < -0.3 is 14.6 Å². The molecule has 1 N–H and O–H groups in total. The number of hydrogen-bond donors (Lipinski definition) is 1. The molecule has 1 unspecified atom stereocenters. The van der Waals surface area contributed by atoms with Gasteiger partial charge >= 0.3 is 0 Å². The molecule has 158 valence electrons. The lowest BCUT2D eigenvalue weighted by atomic mass is 10.1. The molecule has 6 nitrogen and oxygen atoms in total. The summed E-state index contributed by atoms with van der Waals surface area (Å²) < 4.78 is 20.8. The Bertz CT molecular complexity index is 1070. The van der Waals surface area contributed by atoms with Crippen molar-refractivity contribution in [1.29, 1.82) is 0 Å². The average Bonchev–Trinajstić information content (AvgIpc) is 3.06. The highest BCUT2D eigenvalue weighted by Gasteiger charge is 2.19. The van der Waals surface area contributed by atoms with Crippen LogP contribution in [0.2, 0.25) is 5.02 Å². The summed E-state index contributed by atoms with van der Waals surface area (Å²) in [7, 11) is 1.80. The van der Waals surface area contributed by atoms with Crippen molar-refractivity contribution in [3.8, 4) is 5.75 Å². The van der Waals surface area contributed by atoms with E-state index in [1.165, 1.54) is 30.0 Å². The lowest BCUT2D eigenvalue weighted by molar-refractivity contribution is -0.113. The molecule has 1 heterocycles. The van der Waals surface area contributed by atoms with Gasteiger partial charge in [-0.2, -0.15) is 0 Å². The second-order valence-electron chi connectivity index (χ2n) is 6.89. The highest BCUT2D eigenvalue weighted by Crippen LogP contribution is 2.30. The highest BCUT2D eigenvalue weighted by molar-refractivity contribution is 7.99. The Morgan fingerprint density at radius 3 is 2.77 bits per heavy atom. The third-order valence-corrected chi connectivity index (χ3v) is 5.74. The third-order valence-electron chi connectivity index (χ3n) is 4.43. The van der Waals surface area contributed by atoms with Crippen molar-refractivity contribution in [1.82, 2.24) is 14.8 Å². The van der Waals surface area contributed by atoms with Crippen LogP contribution >= 0.6 is 23.4 Å². The van der Waals surface area contributed by atoms with Crippen molar-refractivity contribution in [2.45, 2.75) is 32.0 Å². The Kier molecular flexibility index (Phi) is 6.99. The van der Waals surface area contributed by atoms with E-state index in [0.29, 0.717) is 16.7 Å². The molecule has 3 aromatic rings. The van der Waals surface area contributed by atoms with Gasteiger partial charge in [0.15, 0.2) is 17.1 Å². The molecule has 0 fully saturated rings. The van der Waals surface area contributed by atoms with Gasteiger partial charge in [-0.3, -0.25) is 4.79 Å². The van der Waals surface area contributed by atoms with Gasteiger partial charge in [-0.15, -0.1) is 10.2 Å². The number of benzene rings is 2. The minimum atomic E-state index is -0.469. The number of anilines is 1. The van der Waals surface area contributed by atoms with Gasteiger partial charge in [-0.25, -0.2) is 4.39 Å². The molecule has 0 bridgehead atoms. The fourth-order valence-corrected chi connectivity index (χ4v) is 3.74. The molecular weight excluding hydrogens is 427 g/mol. The zero-order valence-electron chi connectivity index (χ0n) is 17.1. The number of thioether (sulfide) groups is 1. The van der Waals surface area contributed by atoms with Gasteiger partial charge in [-0.05, 0) is 56.2 Å². The van der Waals surface area contributed by atoms with E-state index in [1.807, 2.05) is 32.0 Å². The largest absolute Gasteiger partial charge is 0.481 e. The van der Waals surface area contributed by atoms with Gasteiger partial charge in [0, 0.05) is 12.7 Å². The minimum absolute atomic E-state index is 0.124. The van der Waals surface area contributed by atoms with Crippen molar-refractivity contribution in [2.75, 3.05) is 11.1 Å². The molecule has 0 radical (unpaired) electrons. The molecular formula is C21H22ClFN4O2S. The zero-order chi connectivity index (χ0) is 21.8. The number of hydrogen-bond acceptors (Lipinski definition) is 5. The van der Waals surface area contributed by atoms with Crippen LogP contribution < -0.4 is 10.1 Å². The van der Waals surface area contributed by atoms with Crippen LogP contribution in [0.1, 0.15) is 30.0 Å². The predicted octanol–water partition coefficient (Wildman–Crippen LogP) is 5.10. The van der Waals surface area contributed by atoms with Crippen LogP contribution in [-0.2, 0) is 11.8 Å². The molecule has 9 heteroatoms. The number of amides is 1. The number of aryl methyl sites for hydroxylation is 2. The van der Waals surface area contributed by atoms with E-state index in [0.717, 1.165) is 16.8 Å². The van der Waals surface area contributed by atoms with Crippen LogP contribution in [0.5, 0.6) is 5.75 Å². The lowest BCUT2D eigenvalue weighted by Crippen LogP contribution is -2.15. The van der Waals surface area contributed by atoms with Crippen molar-refractivity contribution >= 4 is 35.0 Å². The molecule has 0 aliphatic rings. The smallest absolute Gasteiger partial charge is 0.234 e. The summed E-state index contributed by atoms with van der Waals surface area (Å²) in [4.78, 5) is 12.3. The number of rotatable bonds is 7. The van der Waals surface area contributed by atoms with Gasteiger partial charge in [0.25, 0.3) is 0 Å². The van der Waals surface area contributed by atoms with Crippen LogP contribution in [0.25, 0.3) is 0 Å². The maximum atomic E-state index is 13.2. The number of nitrogens with zero attached hydrogens (tertiary/aromatic N) is 3. The van der Waals surface area contributed by atoms with Crippen LogP contribution in [0.15, 0.2) is 41.6 Å². The van der Waals surface area contributed by atoms with E-state index in [1.54, 1.807) is 18.5 Å². The van der Waals surface area contributed by atoms with Gasteiger partial charge in [-0.1, -0.05) is 35.5 Å². The van der Waals surface area contributed by atoms with Crippen LogP contribution in [-0.4, -0.2) is 26.4 Å². The number of carbonyl (C=O) groups is 1. The van der Waals surface area contributed by atoms with E-state index in [-0.39, 0.29) is 16.7 Å². The van der Waals surface area contributed by atoms with Crippen molar-refractivity contribution in [3.05, 3.63) is 64.2 Å². The van der Waals surface area contributed by atoms with E-state index in [9.17, 15) is 9.18 Å². The first-order valence-corrected chi connectivity index (χ1v) is 10.6. The number of nitrogens with one attached hydrogen (secondary N) is 1. The monoisotopic (exact) mass is 448 g/mol. The molecule has 0 saturated carbocycles. The summed E-state index contributed by atoms with van der Waals surface area (Å²) in [5, 5.41) is 12.0. The number of ether oxygens (including phenoxy) is 1. The normalized spacial score (nSPS) is 11.9. The standard InChI is InChI=1S/C21H22ClFN4O2S/c1-12-5-6-13(2)17(9-12)24-19(28)11-30-21-26-25-20(27(21)4)14(3)29-18-8-7-15(23)10-16(18)22/h5-10,14H,11H2,1-4H3,(H,24,28). The first-order valence-electron chi connectivity index (χ1n) is 9.25. The fraction of sp³-hybridized carbons (Fsp3) is 0.286. The molecule has 1 amide bonds. The second kappa shape index (κ2) is 9.49. The number of halogens is 2. The first-order chi connectivity index (χ1) is 14.2. The van der Waals surface area contributed by atoms with Gasteiger partial charge in [0.1, 0.15) is 11.6 Å². The van der Waals surface area contributed by atoms with E-state index in [2.05, 4.69) is 15.5 Å². The van der Waals surface area contributed by atoms with E-state index < -0.39 is 11.9 Å². The minimum Gasteiger partial charge on any atom is -0.481 e. The quantitative estimate of drug-likeness (QED) is 0.509. The SMILES string of the molecule is Cc1ccc(C)c(NC(=O)CSc2nnc(C(C)Oc3ccc(F)cc3Cl)n2C)c1. The first kappa shape index (κ1) is 22.1. The Balaban J connectivity index is 1.62. The molecule has 0 aliphatic carbocycles. The zero-order valence-corrected chi connectivity index (χ0v) is 18.6. The van der Waals surface area contributed by atoms with E-state index in [4.69, 9.17) is 16.3 Å². The molecule has 30 heavy (non-hydrogen) atoms. The number of carbonyl (C=O) groups excluding carboxylic acids is 1. The predicted molar refractivity (Wildman–Crippen MR) is 117 cm³/mol. The molecule has 2 aromatic carbocycles. The summed E-state index contributed by atoms with van der Waals surface area (Å²) in [6.07, 6.45) is -0.469. The maximum absolute atomic E-state index is 13.2. The van der Waals surface area contributed by atoms with Crippen LogP contribution in [0, 0.1) is 19.7 Å².